The van der Waals surface area contributed by atoms with Crippen molar-refractivity contribution in [2.24, 2.45) is 5.73 Å². The van der Waals surface area contributed by atoms with Crippen LogP contribution < -0.4 is 10.5 Å². The van der Waals surface area contributed by atoms with Crippen molar-refractivity contribution in [2.45, 2.75) is 51.2 Å². The van der Waals surface area contributed by atoms with E-state index in [-0.39, 0.29) is 18.0 Å². The molecule has 3 heteroatoms. The van der Waals surface area contributed by atoms with Crippen LogP contribution in [0.5, 0.6) is 5.75 Å². The molecule has 0 bridgehead atoms. The molecule has 94 valence electrons. The summed E-state index contributed by atoms with van der Waals surface area (Å²) in [4.78, 5) is 0. The zero-order valence-corrected chi connectivity index (χ0v) is 10.3. The van der Waals surface area contributed by atoms with Gasteiger partial charge in [0, 0.05) is 6.04 Å². The Morgan fingerprint density at radius 3 is 2.76 bits per heavy atom. The molecule has 17 heavy (non-hydrogen) atoms. The molecule has 2 N–H and O–H groups in total. The third-order valence-electron chi connectivity index (χ3n) is 3.18. The lowest BCUT2D eigenvalue weighted by atomic mass is 10.1. The summed E-state index contributed by atoms with van der Waals surface area (Å²) in [6.45, 7) is 1.92. The number of ether oxygens (including phenoxy) is 1. The van der Waals surface area contributed by atoms with Gasteiger partial charge in [-0.25, -0.2) is 4.39 Å². The summed E-state index contributed by atoms with van der Waals surface area (Å²) in [5, 5.41) is 0. The molecule has 1 unspecified atom stereocenters. The fraction of sp³-hybridized carbons (Fsp3) is 0.571. The Hall–Kier alpha value is -1.09. The predicted molar refractivity (Wildman–Crippen MR) is 66.6 cm³/mol. The molecule has 1 aliphatic rings. The Bertz CT molecular complexity index is 372. The molecule has 0 aliphatic heterocycles. The third-order valence-corrected chi connectivity index (χ3v) is 3.18. The molecule has 2 nitrogen and oxygen atoms in total. The Balaban J connectivity index is 2.17. The van der Waals surface area contributed by atoms with Gasteiger partial charge in [0.15, 0.2) is 11.6 Å². The summed E-state index contributed by atoms with van der Waals surface area (Å²) in [7, 11) is 0. The van der Waals surface area contributed by atoms with Crippen LogP contribution in [0.4, 0.5) is 4.39 Å². The molecule has 0 radical (unpaired) electrons. The predicted octanol–water partition coefficient (Wildman–Crippen LogP) is 3.04. The van der Waals surface area contributed by atoms with Crippen LogP contribution in [0.1, 0.15) is 38.2 Å². The molecular formula is C14H20FNO. The van der Waals surface area contributed by atoms with Gasteiger partial charge in [0.05, 0.1) is 6.10 Å². The molecule has 0 amide bonds. The number of hydrogen-bond donors (Lipinski definition) is 1. The molecule has 1 aliphatic carbocycles. The van der Waals surface area contributed by atoms with E-state index in [1.807, 2.05) is 13.0 Å². The molecule has 0 saturated heterocycles. The Morgan fingerprint density at radius 2 is 2.12 bits per heavy atom. The zero-order valence-electron chi connectivity index (χ0n) is 10.3. The van der Waals surface area contributed by atoms with Crippen molar-refractivity contribution in [1.82, 2.24) is 0 Å². The summed E-state index contributed by atoms with van der Waals surface area (Å²) in [6.07, 6.45) is 5.26. The molecule has 0 spiro atoms. The van der Waals surface area contributed by atoms with Crippen LogP contribution in [0, 0.1) is 5.82 Å². The van der Waals surface area contributed by atoms with Crippen molar-refractivity contribution in [3.8, 4) is 5.75 Å². The minimum absolute atomic E-state index is 0.0164. The minimum atomic E-state index is -0.268. The lowest BCUT2D eigenvalue weighted by Crippen LogP contribution is -2.20. The van der Waals surface area contributed by atoms with Crippen molar-refractivity contribution in [1.29, 1.82) is 0 Å². The maximum atomic E-state index is 13.8. The van der Waals surface area contributed by atoms with E-state index in [0.29, 0.717) is 12.2 Å². The quantitative estimate of drug-likeness (QED) is 0.873. The maximum absolute atomic E-state index is 13.8. The lowest BCUT2D eigenvalue weighted by molar-refractivity contribution is 0.198. The minimum Gasteiger partial charge on any atom is -0.487 e. The van der Waals surface area contributed by atoms with Gasteiger partial charge in [-0.15, -0.1) is 0 Å². The first kappa shape index (κ1) is 12.4. The Kier molecular flexibility index (Phi) is 4.00. The van der Waals surface area contributed by atoms with E-state index < -0.39 is 0 Å². The van der Waals surface area contributed by atoms with E-state index >= 15 is 0 Å². The number of halogens is 1. The van der Waals surface area contributed by atoms with Crippen molar-refractivity contribution >= 4 is 0 Å². The van der Waals surface area contributed by atoms with E-state index in [1.165, 1.54) is 18.9 Å². The third kappa shape index (κ3) is 3.19. The van der Waals surface area contributed by atoms with Crippen molar-refractivity contribution in [3.63, 3.8) is 0 Å². The van der Waals surface area contributed by atoms with Crippen LogP contribution >= 0.6 is 0 Å². The van der Waals surface area contributed by atoms with E-state index in [9.17, 15) is 4.39 Å². The molecule has 1 atom stereocenters. The fourth-order valence-electron chi connectivity index (χ4n) is 2.37. The van der Waals surface area contributed by atoms with Crippen molar-refractivity contribution in [3.05, 3.63) is 29.6 Å². The van der Waals surface area contributed by atoms with Gasteiger partial charge in [-0.1, -0.05) is 12.1 Å². The number of para-hydroxylation sites is 1. The highest BCUT2D eigenvalue weighted by molar-refractivity contribution is 5.35. The van der Waals surface area contributed by atoms with Crippen molar-refractivity contribution in [2.75, 3.05) is 0 Å². The molecule has 2 rings (SSSR count). The second-order valence-electron chi connectivity index (χ2n) is 4.93. The molecule has 0 aromatic heterocycles. The van der Waals surface area contributed by atoms with Crippen LogP contribution in [-0.4, -0.2) is 12.1 Å². The summed E-state index contributed by atoms with van der Waals surface area (Å²) in [5.74, 6) is 0.145. The number of nitrogens with two attached hydrogens (primary N) is 1. The summed E-state index contributed by atoms with van der Waals surface area (Å²) >= 11 is 0. The first-order valence-corrected chi connectivity index (χ1v) is 6.36. The first-order chi connectivity index (χ1) is 8.16. The molecule has 1 aromatic carbocycles. The lowest BCUT2D eigenvalue weighted by Gasteiger charge is -2.18. The number of hydrogen-bond acceptors (Lipinski definition) is 2. The molecule has 1 fully saturated rings. The van der Waals surface area contributed by atoms with Crippen molar-refractivity contribution < 1.29 is 9.13 Å². The van der Waals surface area contributed by atoms with E-state index in [1.54, 1.807) is 6.07 Å². The maximum Gasteiger partial charge on any atom is 0.165 e. The van der Waals surface area contributed by atoms with Gasteiger partial charge in [-0.2, -0.15) is 0 Å². The normalized spacial score (nSPS) is 18.3. The topological polar surface area (TPSA) is 35.2 Å². The average molecular weight is 237 g/mol. The van der Waals surface area contributed by atoms with E-state index in [2.05, 4.69) is 0 Å². The van der Waals surface area contributed by atoms with E-state index in [0.717, 1.165) is 18.4 Å². The van der Waals surface area contributed by atoms with Crippen LogP contribution in [0.25, 0.3) is 0 Å². The van der Waals surface area contributed by atoms with Crippen LogP contribution in [0.2, 0.25) is 0 Å². The van der Waals surface area contributed by atoms with Gasteiger partial charge < -0.3 is 10.5 Å². The molecule has 1 aromatic rings. The highest BCUT2D eigenvalue weighted by Gasteiger charge is 2.20. The van der Waals surface area contributed by atoms with Crippen LogP contribution in [0.15, 0.2) is 18.2 Å². The average Bonchev–Trinajstić information content (AvgIpc) is 2.75. The highest BCUT2D eigenvalue weighted by atomic mass is 19.1. The van der Waals surface area contributed by atoms with Gasteiger partial charge in [0.25, 0.3) is 0 Å². The van der Waals surface area contributed by atoms with Crippen LogP contribution in [-0.2, 0) is 6.42 Å². The Labute approximate surface area is 102 Å². The monoisotopic (exact) mass is 237 g/mol. The largest absolute Gasteiger partial charge is 0.487 e. The Morgan fingerprint density at radius 1 is 1.41 bits per heavy atom. The van der Waals surface area contributed by atoms with Gasteiger partial charge >= 0.3 is 0 Å². The second-order valence-corrected chi connectivity index (χ2v) is 4.93. The van der Waals surface area contributed by atoms with Gasteiger partial charge in [-0.3, -0.25) is 0 Å². The highest BCUT2D eigenvalue weighted by Crippen LogP contribution is 2.29. The standard InChI is InChI=1S/C14H20FNO/c1-10(16)9-11-5-4-8-13(15)14(11)17-12-6-2-3-7-12/h4-5,8,10,12H,2-3,6-7,9,16H2,1H3. The summed E-state index contributed by atoms with van der Waals surface area (Å²) in [6, 6.07) is 5.09. The number of benzene rings is 1. The summed E-state index contributed by atoms with van der Waals surface area (Å²) < 4.78 is 19.6. The zero-order chi connectivity index (χ0) is 12.3. The molecular weight excluding hydrogens is 217 g/mol. The van der Waals surface area contributed by atoms with Gasteiger partial charge in [0.1, 0.15) is 0 Å². The SMILES string of the molecule is CC(N)Cc1cccc(F)c1OC1CCCC1. The van der Waals surface area contributed by atoms with Gasteiger partial charge in [0.2, 0.25) is 0 Å². The number of rotatable bonds is 4. The second kappa shape index (κ2) is 5.50. The van der Waals surface area contributed by atoms with Gasteiger partial charge in [-0.05, 0) is 50.7 Å². The van der Waals surface area contributed by atoms with Crippen LogP contribution in [0.3, 0.4) is 0 Å². The van der Waals surface area contributed by atoms with E-state index in [4.69, 9.17) is 10.5 Å². The molecule has 0 heterocycles. The fourth-order valence-corrected chi connectivity index (χ4v) is 2.37. The molecule has 1 saturated carbocycles. The smallest absolute Gasteiger partial charge is 0.165 e. The summed E-state index contributed by atoms with van der Waals surface area (Å²) in [5.41, 5.74) is 6.65. The first-order valence-electron chi connectivity index (χ1n) is 6.36.